The lowest BCUT2D eigenvalue weighted by atomic mass is 10.3. The summed E-state index contributed by atoms with van der Waals surface area (Å²) in [6.07, 6.45) is 0. The van der Waals surface area contributed by atoms with Gasteiger partial charge in [0.25, 0.3) is 5.91 Å². The van der Waals surface area contributed by atoms with Crippen molar-refractivity contribution in [1.82, 2.24) is 4.98 Å². The molecule has 8 nitrogen and oxygen atoms in total. The van der Waals surface area contributed by atoms with Gasteiger partial charge in [0.1, 0.15) is 5.75 Å². The highest BCUT2D eigenvalue weighted by molar-refractivity contribution is 7.45. The first-order valence-electron chi connectivity index (χ1n) is 4.34. The van der Waals surface area contributed by atoms with Crippen LogP contribution in [-0.2, 0) is 4.57 Å². The second-order valence-electron chi connectivity index (χ2n) is 3.05. The zero-order valence-corrected chi connectivity index (χ0v) is 10.4. The van der Waals surface area contributed by atoms with Crippen molar-refractivity contribution in [2.75, 3.05) is 0 Å². The molecule has 0 bridgehead atoms. The van der Waals surface area contributed by atoms with Crippen molar-refractivity contribution in [3.05, 3.63) is 23.2 Å². The van der Waals surface area contributed by atoms with Crippen molar-refractivity contribution in [1.29, 1.82) is 0 Å². The number of carbonyl (C=O) groups is 1. The Morgan fingerprint density at radius 2 is 1.89 bits per heavy atom. The van der Waals surface area contributed by atoms with Gasteiger partial charge in [0.05, 0.1) is 10.2 Å². The molecular weight excluding hydrogens is 283 g/mol. The smallest absolute Gasteiger partial charge is 0.466 e. The third-order valence-electron chi connectivity index (χ3n) is 1.58. The van der Waals surface area contributed by atoms with Crippen molar-refractivity contribution >= 4 is 35.3 Å². The quantitative estimate of drug-likeness (QED) is 0.469. The summed E-state index contributed by atoms with van der Waals surface area (Å²) in [5.74, 6) is -0.382. The Hall–Kier alpha value is -1.51. The summed E-state index contributed by atoms with van der Waals surface area (Å²) < 4.78 is 9.64. The molecule has 2 rings (SSSR count). The average Bonchev–Trinajstić information content (AvgIpc) is 2.57. The average molecular weight is 292 g/mol. The van der Waals surface area contributed by atoms with Crippen LogP contribution in [0, 0.1) is 0 Å². The molecular formula is C8H9N2O6PS. The maximum absolute atomic E-state index is 10.8. The molecule has 6 N–H and O–H groups in total. The van der Waals surface area contributed by atoms with Crippen molar-refractivity contribution in [3.63, 3.8) is 0 Å². The standard InChI is InChI=1S/C8H6N2O2S.H3O4P/c9-7(12)8-10-5-2-1-4(11)3-6(5)13-8;1-5(2,3)4/h1-3,11H,(H2,9,12);(H3,1,2,3,4). The van der Waals surface area contributed by atoms with Gasteiger partial charge in [0.2, 0.25) is 0 Å². The summed E-state index contributed by atoms with van der Waals surface area (Å²) in [5, 5.41) is 9.41. The van der Waals surface area contributed by atoms with E-state index in [0.29, 0.717) is 5.52 Å². The van der Waals surface area contributed by atoms with Gasteiger partial charge in [-0.05, 0) is 18.2 Å². The number of benzene rings is 1. The lowest BCUT2D eigenvalue weighted by Gasteiger charge is -1.87. The topological polar surface area (TPSA) is 154 Å². The summed E-state index contributed by atoms with van der Waals surface area (Å²) in [7, 11) is -4.64. The number of nitrogens with zero attached hydrogens (tertiary/aromatic N) is 1. The van der Waals surface area contributed by atoms with E-state index >= 15 is 0 Å². The Balaban J connectivity index is 0.000000280. The number of aromatic nitrogens is 1. The van der Waals surface area contributed by atoms with Gasteiger partial charge >= 0.3 is 7.82 Å². The lowest BCUT2D eigenvalue weighted by Crippen LogP contribution is -2.09. The van der Waals surface area contributed by atoms with E-state index in [1.807, 2.05) is 0 Å². The molecule has 10 heteroatoms. The maximum atomic E-state index is 10.8. The van der Waals surface area contributed by atoms with E-state index < -0.39 is 13.7 Å². The van der Waals surface area contributed by atoms with Gasteiger partial charge in [-0.2, -0.15) is 0 Å². The molecule has 0 atom stereocenters. The molecule has 1 aromatic carbocycles. The number of rotatable bonds is 1. The maximum Gasteiger partial charge on any atom is 0.466 e. The van der Waals surface area contributed by atoms with Gasteiger partial charge in [0.15, 0.2) is 5.01 Å². The molecule has 1 heterocycles. The third-order valence-corrected chi connectivity index (χ3v) is 2.62. The number of phenols is 1. The van der Waals surface area contributed by atoms with Crippen LogP contribution in [0.4, 0.5) is 0 Å². The zero-order chi connectivity index (χ0) is 13.9. The van der Waals surface area contributed by atoms with Crippen LogP contribution in [-0.4, -0.2) is 30.7 Å². The summed E-state index contributed by atoms with van der Waals surface area (Å²) >= 11 is 1.17. The van der Waals surface area contributed by atoms with Crippen molar-refractivity contribution in [3.8, 4) is 5.75 Å². The number of phenolic OH excluding ortho intramolecular Hbond substituents is 1. The van der Waals surface area contributed by atoms with Crippen molar-refractivity contribution in [2.24, 2.45) is 5.73 Å². The molecule has 1 amide bonds. The van der Waals surface area contributed by atoms with Crippen LogP contribution in [0.3, 0.4) is 0 Å². The van der Waals surface area contributed by atoms with E-state index in [4.69, 9.17) is 30.1 Å². The molecule has 0 aliphatic carbocycles. The fraction of sp³-hybridized carbons (Fsp3) is 0. The zero-order valence-electron chi connectivity index (χ0n) is 8.72. The molecule has 0 fully saturated rings. The molecule has 2 aromatic rings. The van der Waals surface area contributed by atoms with E-state index in [9.17, 15) is 4.79 Å². The number of amides is 1. The summed E-state index contributed by atoms with van der Waals surface area (Å²) in [6, 6.07) is 4.72. The second-order valence-corrected chi connectivity index (χ2v) is 5.11. The Morgan fingerprint density at radius 1 is 1.33 bits per heavy atom. The minimum Gasteiger partial charge on any atom is -0.508 e. The van der Waals surface area contributed by atoms with Gasteiger partial charge in [-0.1, -0.05) is 0 Å². The summed E-state index contributed by atoms with van der Waals surface area (Å²) in [4.78, 5) is 36.3. The number of thiazole rings is 1. The monoisotopic (exact) mass is 292 g/mol. The Kier molecular flexibility index (Phi) is 4.38. The largest absolute Gasteiger partial charge is 0.508 e. The molecule has 1 aromatic heterocycles. The van der Waals surface area contributed by atoms with Crippen molar-refractivity contribution in [2.45, 2.75) is 0 Å². The van der Waals surface area contributed by atoms with Crippen LogP contribution in [0.2, 0.25) is 0 Å². The van der Waals surface area contributed by atoms with E-state index in [1.165, 1.54) is 17.4 Å². The number of nitrogens with two attached hydrogens (primary N) is 1. The molecule has 98 valence electrons. The van der Waals surface area contributed by atoms with Gasteiger partial charge in [-0.15, -0.1) is 11.3 Å². The highest BCUT2D eigenvalue weighted by atomic mass is 32.1. The van der Waals surface area contributed by atoms with Crippen LogP contribution < -0.4 is 5.73 Å². The first-order chi connectivity index (χ1) is 8.16. The van der Waals surface area contributed by atoms with Crippen LogP contribution in [0.5, 0.6) is 5.75 Å². The highest BCUT2D eigenvalue weighted by Gasteiger charge is 2.08. The van der Waals surface area contributed by atoms with Crippen molar-refractivity contribution < 1.29 is 29.1 Å². The van der Waals surface area contributed by atoms with E-state index in [1.54, 1.807) is 12.1 Å². The normalized spacial score (nSPS) is 10.8. The predicted octanol–water partition coefficient (Wildman–Crippen LogP) is 0.172. The minimum atomic E-state index is -4.64. The second kappa shape index (κ2) is 5.42. The Morgan fingerprint density at radius 3 is 2.39 bits per heavy atom. The number of phosphoric acid groups is 1. The first kappa shape index (κ1) is 14.6. The SMILES string of the molecule is NC(=O)c1nc2ccc(O)cc2s1.O=P(O)(O)O. The number of fused-ring (bicyclic) bond motifs is 1. The van der Waals surface area contributed by atoms with Crippen LogP contribution in [0.15, 0.2) is 18.2 Å². The first-order valence-corrected chi connectivity index (χ1v) is 6.72. The molecule has 0 spiro atoms. The predicted molar refractivity (Wildman–Crippen MR) is 64.1 cm³/mol. The summed E-state index contributed by atoms with van der Waals surface area (Å²) in [5.41, 5.74) is 5.74. The fourth-order valence-electron chi connectivity index (χ4n) is 1.02. The molecule has 18 heavy (non-hydrogen) atoms. The van der Waals surface area contributed by atoms with E-state index in [2.05, 4.69) is 4.98 Å². The minimum absolute atomic E-state index is 0.159. The number of hydrogen-bond acceptors (Lipinski definition) is 5. The highest BCUT2D eigenvalue weighted by Crippen LogP contribution is 2.26. The number of primary amides is 1. The number of carbonyl (C=O) groups excluding carboxylic acids is 1. The molecule has 0 unspecified atom stereocenters. The van der Waals surface area contributed by atoms with Gasteiger partial charge in [0, 0.05) is 0 Å². The molecule has 0 aliphatic rings. The van der Waals surface area contributed by atoms with Crippen LogP contribution in [0.25, 0.3) is 10.2 Å². The molecule has 0 radical (unpaired) electrons. The van der Waals surface area contributed by atoms with Gasteiger partial charge in [-0.3, -0.25) is 4.79 Å². The van der Waals surface area contributed by atoms with Gasteiger partial charge in [-0.25, -0.2) is 9.55 Å². The molecule has 0 aliphatic heterocycles. The fourth-order valence-corrected chi connectivity index (χ4v) is 1.87. The Bertz CT molecular complexity index is 613. The van der Waals surface area contributed by atoms with E-state index in [-0.39, 0.29) is 10.8 Å². The van der Waals surface area contributed by atoms with E-state index in [0.717, 1.165) is 4.70 Å². The summed E-state index contributed by atoms with van der Waals surface area (Å²) in [6.45, 7) is 0. The molecule has 0 saturated carbocycles. The number of hydrogen-bond donors (Lipinski definition) is 5. The van der Waals surface area contributed by atoms with Gasteiger partial charge < -0.3 is 25.5 Å². The lowest BCUT2D eigenvalue weighted by molar-refractivity contribution is 0.1000. The van der Waals surface area contributed by atoms with Crippen LogP contribution >= 0.6 is 19.2 Å². The molecule has 0 saturated heterocycles. The Labute approximate surface area is 105 Å². The van der Waals surface area contributed by atoms with Crippen LogP contribution in [0.1, 0.15) is 9.80 Å². The third kappa shape index (κ3) is 4.78. The number of aromatic hydroxyl groups is 1.